The van der Waals surface area contributed by atoms with E-state index in [0.29, 0.717) is 0 Å². The van der Waals surface area contributed by atoms with E-state index in [2.05, 4.69) is 22.4 Å². The largest absolute Gasteiger partial charge is 0.313 e. The van der Waals surface area contributed by atoms with E-state index in [1.807, 2.05) is 0 Å². The zero-order chi connectivity index (χ0) is 11.2. The molecule has 3 nitrogen and oxygen atoms in total. The van der Waals surface area contributed by atoms with Crippen molar-refractivity contribution in [2.75, 3.05) is 12.3 Å². The van der Waals surface area contributed by atoms with E-state index in [1.165, 1.54) is 25.7 Å². The van der Waals surface area contributed by atoms with E-state index in [-0.39, 0.29) is 0 Å². The fourth-order valence-electron chi connectivity index (χ4n) is 2.09. The maximum Gasteiger partial charge on any atom is 0.174 e. The number of thioether (sulfide) groups is 1. The van der Waals surface area contributed by atoms with Crippen molar-refractivity contribution < 1.29 is 0 Å². The summed E-state index contributed by atoms with van der Waals surface area (Å²) < 4.78 is 1.08. The molecule has 90 valence electrons. The van der Waals surface area contributed by atoms with Gasteiger partial charge in [-0.3, -0.25) is 0 Å². The second-order valence-electron chi connectivity index (χ2n) is 4.46. The standard InChI is InChI=1S/C11H19N3S2/c1-9-2-4-10(5-3-9)12-6-7-15-11-14-13-8-16-11/h8-10,12H,2-7H2,1H3. The normalized spacial score (nSPS) is 25.8. The highest BCUT2D eigenvalue weighted by atomic mass is 32.2. The molecule has 1 aromatic heterocycles. The van der Waals surface area contributed by atoms with Crippen molar-refractivity contribution >= 4 is 23.1 Å². The highest BCUT2D eigenvalue weighted by molar-refractivity contribution is 8.01. The molecule has 1 saturated carbocycles. The molecule has 1 aliphatic rings. The molecule has 0 unspecified atom stereocenters. The van der Waals surface area contributed by atoms with Crippen molar-refractivity contribution in [1.29, 1.82) is 0 Å². The van der Waals surface area contributed by atoms with Gasteiger partial charge in [0.25, 0.3) is 0 Å². The predicted molar refractivity (Wildman–Crippen MR) is 70.1 cm³/mol. The van der Waals surface area contributed by atoms with E-state index >= 15 is 0 Å². The molecular weight excluding hydrogens is 238 g/mol. The van der Waals surface area contributed by atoms with E-state index in [9.17, 15) is 0 Å². The quantitative estimate of drug-likeness (QED) is 0.650. The molecule has 2 rings (SSSR count). The van der Waals surface area contributed by atoms with Gasteiger partial charge in [-0.2, -0.15) is 0 Å². The Morgan fingerprint density at radius 1 is 1.44 bits per heavy atom. The first kappa shape index (κ1) is 12.3. The average molecular weight is 257 g/mol. The van der Waals surface area contributed by atoms with E-state index in [4.69, 9.17) is 0 Å². The maximum absolute atomic E-state index is 4.01. The van der Waals surface area contributed by atoms with Gasteiger partial charge in [0.15, 0.2) is 4.34 Å². The SMILES string of the molecule is CC1CCC(NCCSc2nncs2)CC1. The third-order valence-electron chi connectivity index (χ3n) is 3.12. The minimum absolute atomic E-state index is 0.756. The molecule has 0 aliphatic heterocycles. The van der Waals surface area contributed by atoms with Crippen LogP contribution in [0.2, 0.25) is 0 Å². The van der Waals surface area contributed by atoms with Crippen LogP contribution >= 0.6 is 23.1 Å². The summed E-state index contributed by atoms with van der Waals surface area (Å²) in [5, 5.41) is 11.5. The Balaban J connectivity index is 1.55. The zero-order valence-electron chi connectivity index (χ0n) is 9.69. The van der Waals surface area contributed by atoms with Gasteiger partial charge in [0.05, 0.1) is 0 Å². The fraction of sp³-hybridized carbons (Fsp3) is 0.818. The molecule has 0 spiro atoms. The van der Waals surface area contributed by atoms with Crippen LogP contribution in [0.4, 0.5) is 0 Å². The average Bonchev–Trinajstić information content (AvgIpc) is 2.80. The molecule has 1 N–H and O–H groups in total. The summed E-state index contributed by atoms with van der Waals surface area (Å²) in [6.45, 7) is 3.45. The third-order valence-corrected chi connectivity index (χ3v) is 4.98. The molecule has 0 bridgehead atoms. The Hall–Kier alpha value is -0.130. The van der Waals surface area contributed by atoms with Crippen molar-refractivity contribution in [2.24, 2.45) is 5.92 Å². The molecule has 0 aromatic carbocycles. The predicted octanol–water partition coefficient (Wildman–Crippen LogP) is 2.80. The van der Waals surface area contributed by atoms with Gasteiger partial charge >= 0.3 is 0 Å². The second-order valence-corrected chi connectivity index (χ2v) is 6.64. The summed E-state index contributed by atoms with van der Waals surface area (Å²) in [6, 6.07) is 0.756. The van der Waals surface area contributed by atoms with Gasteiger partial charge in [-0.1, -0.05) is 30.0 Å². The van der Waals surface area contributed by atoms with Gasteiger partial charge in [0.2, 0.25) is 0 Å². The smallest absolute Gasteiger partial charge is 0.174 e. The first-order valence-electron chi connectivity index (χ1n) is 5.97. The van der Waals surface area contributed by atoms with Crippen molar-refractivity contribution in [2.45, 2.75) is 43.0 Å². The van der Waals surface area contributed by atoms with Crippen LogP contribution < -0.4 is 5.32 Å². The Bertz CT molecular complexity index is 281. The molecule has 0 amide bonds. The van der Waals surface area contributed by atoms with Gasteiger partial charge in [0.1, 0.15) is 5.51 Å². The lowest BCUT2D eigenvalue weighted by Gasteiger charge is -2.26. The van der Waals surface area contributed by atoms with Crippen molar-refractivity contribution in [3.8, 4) is 0 Å². The highest BCUT2D eigenvalue weighted by Gasteiger charge is 2.17. The first-order valence-corrected chi connectivity index (χ1v) is 7.83. The number of rotatable bonds is 5. The Labute approximate surface area is 105 Å². The van der Waals surface area contributed by atoms with Crippen LogP contribution in [0.25, 0.3) is 0 Å². The van der Waals surface area contributed by atoms with Crippen LogP contribution in [0.15, 0.2) is 9.85 Å². The minimum atomic E-state index is 0.756. The Morgan fingerprint density at radius 2 is 2.25 bits per heavy atom. The Kier molecular flexibility index (Phi) is 5.06. The van der Waals surface area contributed by atoms with Crippen LogP contribution in [-0.2, 0) is 0 Å². The molecule has 5 heteroatoms. The summed E-state index contributed by atoms with van der Waals surface area (Å²) in [4.78, 5) is 0. The van der Waals surface area contributed by atoms with Crippen molar-refractivity contribution in [3.63, 3.8) is 0 Å². The second kappa shape index (κ2) is 6.57. The number of nitrogens with zero attached hydrogens (tertiary/aromatic N) is 2. The van der Waals surface area contributed by atoms with Crippen LogP contribution in [0.5, 0.6) is 0 Å². The highest BCUT2D eigenvalue weighted by Crippen LogP contribution is 2.23. The van der Waals surface area contributed by atoms with Gasteiger partial charge in [0, 0.05) is 18.3 Å². The summed E-state index contributed by atoms with van der Waals surface area (Å²) in [6.07, 6.45) is 5.48. The first-order chi connectivity index (χ1) is 7.84. The maximum atomic E-state index is 4.01. The van der Waals surface area contributed by atoms with Crippen molar-refractivity contribution in [3.05, 3.63) is 5.51 Å². The van der Waals surface area contributed by atoms with Crippen molar-refractivity contribution in [1.82, 2.24) is 15.5 Å². The molecular formula is C11H19N3S2. The number of hydrogen-bond acceptors (Lipinski definition) is 5. The molecule has 16 heavy (non-hydrogen) atoms. The van der Waals surface area contributed by atoms with Gasteiger partial charge in [-0.15, -0.1) is 10.2 Å². The van der Waals surface area contributed by atoms with E-state index < -0.39 is 0 Å². The lowest BCUT2D eigenvalue weighted by molar-refractivity contribution is 0.312. The zero-order valence-corrected chi connectivity index (χ0v) is 11.3. The molecule has 0 atom stereocenters. The summed E-state index contributed by atoms with van der Waals surface area (Å²) in [5.74, 6) is 2.04. The lowest BCUT2D eigenvalue weighted by atomic mass is 9.87. The molecule has 0 radical (unpaired) electrons. The molecule has 1 heterocycles. The van der Waals surface area contributed by atoms with E-state index in [0.717, 1.165) is 28.6 Å². The van der Waals surface area contributed by atoms with Gasteiger partial charge in [-0.25, -0.2) is 0 Å². The minimum Gasteiger partial charge on any atom is -0.313 e. The summed E-state index contributed by atoms with van der Waals surface area (Å²) in [5.41, 5.74) is 1.79. The number of nitrogens with one attached hydrogen (secondary N) is 1. The number of aromatic nitrogens is 2. The van der Waals surface area contributed by atoms with Crippen LogP contribution in [-0.4, -0.2) is 28.5 Å². The third kappa shape index (κ3) is 4.03. The topological polar surface area (TPSA) is 37.8 Å². The van der Waals surface area contributed by atoms with Gasteiger partial charge < -0.3 is 5.32 Å². The van der Waals surface area contributed by atoms with E-state index in [1.54, 1.807) is 28.6 Å². The van der Waals surface area contributed by atoms with Gasteiger partial charge in [-0.05, 0) is 31.6 Å². The monoisotopic (exact) mass is 257 g/mol. The summed E-state index contributed by atoms with van der Waals surface area (Å²) >= 11 is 3.42. The van der Waals surface area contributed by atoms with Crippen LogP contribution in [0.3, 0.4) is 0 Å². The molecule has 1 aliphatic carbocycles. The fourth-order valence-corrected chi connectivity index (χ4v) is 3.52. The molecule has 1 fully saturated rings. The van der Waals surface area contributed by atoms with Crippen LogP contribution in [0, 0.1) is 5.92 Å². The number of hydrogen-bond donors (Lipinski definition) is 1. The lowest BCUT2D eigenvalue weighted by Crippen LogP contribution is -2.34. The molecule has 1 aromatic rings. The van der Waals surface area contributed by atoms with Crippen LogP contribution in [0.1, 0.15) is 32.6 Å². The summed E-state index contributed by atoms with van der Waals surface area (Å²) in [7, 11) is 0. The Morgan fingerprint density at radius 3 is 2.94 bits per heavy atom. The molecule has 0 saturated heterocycles.